The fourth-order valence-electron chi connectivity index (χ4n) is 5.71. The molecule has 2 unspecified atom stereocenters. The van der Waals surface area contributed by atoms with Gasteiger partial charge in [0.25, 0.3) is 0 Å². The van der Waals surface area contributed by atoms with E-state index in [9.17, 15) is 9.59 Å². The molecule has 44 heavy (non-hydrogen) atoms. The molecule has 2 heterocycles. The standard InChI is InChI=1S/C33H35Cl2N5O2S2/c34-29-15-22(13-24-17-33(24,29)35)18-40-11-9-25(10-12-40)37-30(41)20-44-32-39-28(19-43-32)23-7-4-8-26(16-23)38-31(42)27(36)14-21-5-2-1-3-6-21/h1-8,13,15-16,19,24-25,27H,9-12,14,17-18,20,36H2,(H,37,41)(H,38,42)/t24?,27-,33?/m1/s1. The number of likely N-dealkylation sites (tertiary alicyclic amines) is 1. The summed E-state index contributed by atoms with van der Waals surface area (Å²) in [6.07, 6.45) is 7.55. The molecule has 7 nitrogen and oxygen atoms in total. The normalized spacial score (nSPS) is 22.4. The summed E-state index contributed by atoms with van der Waals surface area (Å²) in [5.74, 6) is 0.480. The topological polar surface area (TPSA) is 100 Å². The third kappa shape index (κ3) is 7.76. The lowest BCUT2D eigenvalue weighted by atomic mass is 10.0. The number of fused-ring (bicyclic) bond motifs is 1. The Hall–Kier alpha value is -2.66. The van der Waals surface area contributed by atoms with E-state index in [0.717, 1.165) is 65.1 Å². The SMILES string of the molecule is N[C@H](Cc1ccccc1)C(=O)Nc1cccc(-c2csc(SCC(=O)NC3CCN(CC4=CC5CC5(Cl)C(Cl)=C4)CC3)n2)c1. The van der Waals surface area contributed by atoms with Crippen molar-refractivity contribution in [3.05, 3.63) is 88.3 Å². The van der Waals surface area contributed by atoms with Crippen LogP contribution in [0.4, 0.5) is 5.69 Å². The first-order chi connectivity index (χ1) is 21.2. The van der Waals surface area contributed by atoms with Crippen LogP contribution in [0.1, 0.15) is 24.8 Å². The molecule has 3 aromatic rings. The van der Waals surface area contributed by atoms with Crippen molar-refractivity contribution in [2.75, 3.05) is 30.7 Å². The number of thiazole rings is 1. The van der Waals surface area contributed by atoms with Crippen LogP contribution in [-0.4, -0.2) is 64.0 Å². The molecule has 11 heteroatoms. The predicted octanol–water partition coefficient (Wildman–Crippen LogP) is 6.05. The van der Waals surface area contributed by atoms with Gasteiger partial charge in [0.05, 0.1) is 22.4 Å². The van der Waals surface area contributed by atoms with E-state index in [1.807, 2.05) is 66.1 Å². The Morgan fingerprint density at radius 1 is 1.16 bits per heavy atom. The zero-order valence-electron chi connectivity index (χ0n) is 24.2. The molecule has 1 aliphatic heterocycles. The van der Waals surface area contributed by atoms with Crippen molar-refractivity contribution in [3.63, 3.8) is 0 Å². The van der Waals surface area contributed by atoms with E-state index in [4.69, 9.17) is 33.9 Å². The Morgan fingerprint density at radius 3 is 2.73 bits per heavy atom. The second-order valence-electron chi connectivity index (χ2n) is 11.7. The third-order valence-corrected chi connectivity index (χ3v) is 11.5. The number of allylic oxidation sites excluding steroid dienone is 2. The van der Waals surface area contributed by atoms with Crippen LogP contribution in [0, 0.1) is 5.92 Å². The summed E-state index contributed by atoms with van der Waals surface area (Å²) in [4.78, 5) is 32.2. The predicted molar refractivity (Wildman–Crippen MR) is 181 cm³/mol. The lowest BCUT2D eigenvalue weighted by molar-refractivity contribution is -0.119. The maximum atomic E-state index is 12.7. The number of carbonyl (C=O) groups excluding carboxylic acids is 2. The van der Waals surface area contributed by atoms with Crippen molar-refractivity contribution in [2.24, 2.45) is 11.7 Å². The fraction of sp³-hybridized carbons (Fsp3) is 0.364. The Bertz CT molecular complexity index is 1570. The number of carbonyl (C=O) groups is 2. The highest BCUT2D eigenvalue weighted by Gasteiger charge is 2.55. The van der Waals surface area contributed by atoms with Crippen molar-refractivity contribution in [3.8, 4) is 11.3 Å². The maximum Gasteiger partial charge on any atom is 0.241 e. The second-order valence-corrected chi connectivity index (χ2v) is 14.8. The van der Waals surface area contributed by atoms with Crippen LogP contribution < -0.4 is 16.4 Å². The minimum absolute atomic E-state index is 0.0265. The molecular formula is C33H35Cl2N5O2S2. The van der Waals surface area contributed by atoms with Crippen molar-refractivity contribution in [1.29, 1.82) is 0 Å². The zero-order valence-corrected chi connectivity index (χ0v) is 27.3. The molecule has 0 radical (unpaired) electrons. The average molecular weight is 669 g/mol. The molecule has 4 N–H and O–H groups in total. The highest BCUT2D eigenvalue weighted by atomic mass is 35.5. The van der Waals surface area contributed by atoms with Gasteiger partial charge in [0.15, 0.2) is 4.34 Å². The van der Waals surface area contributed by atoms with Gasteiger partial charge < -0.3 is 16.4 Å². The van der Waals surface area contributed by atoms with Crippen molar-refractivity contribution >= 4 is 63.8 Å². The van der Waals surface area contributed by atoms with Gasteiger partial charge in [0.2, 0.25) is 11.8 Å². The van der Waals surface area contributed by atoms with Crippen LogP contribution in [-0.2, 0) is 16.0 Å². The maximum absolute atomic E-state index is 12.7. The van der Waals surface area contributed by atoms with Gasteiger partial charge in [-0.1, -0.05) is 71.9 Å². The minimum atomic E-state index is -0.650. The summed E-state index contributed by atoms with van der Waals surface area (Å²) in [7, 11) is 0. The van der Waals surface area contributed by atoms with Crippen molar-refractivity contribution in [2.45, 2.75) is 47.0 Å². The highest BCUT2D eigenvalue weighted by molar-refractivity contribution is 8.01. The van der Waals surface area contributed by atoms with E-state index in [1.165, 1.54) is 28.7 Å². The van der Waals surface area contributed by atoms with E-state index in [2.05, 4.69) is 21.6 Å². The van der Waals surface area contributed by atoms with Gasteiger partial charge in [0, 0.05) is 53.3 Å². The van der Waals surface area contributed by atoms with Gasteiger partial charge in [-0.05, 0) is 55.0 Å². The highest BCUT2D eigenvalue weighted by Crippen LogP contribution is 2.59. The molecule has 6 rings (SSSR count). The monoisotopic (exact) mass is 667 g/mol. The number of amides is 2. The number of rotatable bonds is 11. The molecule has 3 aliphatic rings. The number of thioether (sulfide) groups is 1. The average Bonchev–Trinajstić information content (AvgIpc) is 3.47. The van der Waals surface area contributed by atoms with Gasteiger partial charge in [0.1, 0.15) is 0 Å². The van der Waals surface area contributed by atoms with E-state index >= 15 is 0 Å². The van der Waals surface area contributed by atoms with Crippen LogP contribution in [0.2, 0.25) is 0 Å². The van der Waals surface area contributed by atoms with Gasteiger partial charge in [-0.3, -0.25) is 14.5 Å². The van der Waals surface area contributed by atoms with Crippen molar-refractivity contribution in [1.82, 2.24) is 15.2 Å². The van der Waals surface area contributed by atoms with Crippen molar-refractivity contribution < 1.29 is 9.59 Å². The van der Waals surface area contributed by atoms with Crippen LogP contribution in [0.25, 0.3) is 11.3 Å². The molecule has 0 bridgehead atoms. The quantitative estimate of drug-likeness (QED) is 0.170. The van der Waals surface area contributed by atoms with E-state index in [0.29, 0.717) is 23.8 Å². The largest absolute Gasteiger partial charge is 0.353 e. The molecule has 1 aromatic heterocycles. The molecule has 3 atom stereocenters. The number of hydrogen-bond acceptors (Lipinski definition) is 7. The van der Waals surface area contributed by atoms with Gasteiger partial charge in [-0.2, -0.15) is 0 Å². The first-order valence-electron chi connectivity index (χ1n) is 14.8. The number of benzene rings is 2. The van der Waals surface area contributed by atoms with Gasteiger partial charge in [-0.15, -0.1) is 22.9 Å². The number of nitrogens with zero attached hydrogens (tertiary/aromatic N) is 2. The lowest BCUT2D eigenvalue weighted by Gasteiger charge is -2.33. The summed E-state index contributed by atoms with van der Waals surface area (Å²) in [6, 6.07) is 16.8. The first kappa shape index (κ1) is 31.3. The fourth-order valence-corrected chi connectivity index (χ4v) is 8.00. The Labute approximate surface area is 276 Å². The molecule has 2 amide bonds. The molecule has 1 saturated heterocycles. The number of halogens is 2. The van der Waals surface area contributed by atoms with Crippen LogP contribution in [0.5, 0.6) is 0 Å². The lowest BCUT2D eigenvalue weighted by Crippen LogP contribution is -2.45. The zero-order chi connectivity index (χ0) is 30.7. The molecule has 0 spiro atoms. The number of hydrogen-bond donors (Lipinski definition) is 3. The van der Waals surface area contributed by atoms with Crippen LogP contribution in [0.15, 0.2) is 87.1 Å². The number of alkyl halides is 1. The van der Waals surface area contributed by atoms with Gasteiger partial charge in [-0.25, -0.2) is 4.98 Å². The number of anilines is 1. The molecule has 1 saturated carbocycles. The Morgan fingerprint density at radius 2 is 1.95 bits per heavy atom. The summed E-state index contributed by atoms with van der Waals surface area (Å²) in [6.45, 7) is 2.75. The summed E-state index contributed by atoms with van der Waals surface area (Å²) in [5.41, 5.74) is 10.8. The Kier molecular flexibility index (Phi) is 9.80. The summed E-state index contributed by atoms with van der Waals surface area (Å²) < 4.78 is 0.827. The number of aromatic nitrogens is 1. The van der Waals surface area contributed by atoms with Crippen LogP contribution >= 0.6 is 46.3 Å². The third-order valence-electron chi connectivity index (χ3n) is 8.30. The second kappa shape index (κ2) is 13.8. The molecule has 2 aromatic carbocycles. The van der Waals surface area contributed by atoms with Crippen LogP contribution in [0.3, 0.4) is 0 Å². The van der Waals surface area contributed by atoms with E-state index < -0.39 is 6.04 Å². The molecule has 2 aliphatic carbocycles. The molecular weight excluding hydrogens is 633 g/mol. The Balaban J connectivity index is 0.931. The number of piperidine rings is 1. The molecule has 230 valence electrons. The number of nitrogens with one attached hydrogen (secondary N) is 2. The summed E-state index contributed by atoms with van der Waals surface area (Å²) in [5, 5.41) is 8.86. The first-order valence-corrected chi connectivity index (χ1v) is 17.5. The smallest absolute Gasteiger partial charge is 0.241 e. The number of nitrogens with two attached hydrogens (primary N) is 1. The molecule has 2 fully saturated rings. The van der Waals surface area contributed by atoms with E-state index in [1.54, 1.807) is 0 Å². The van der Waals surface area contributed by atoms with E-state index in [-0.39, 0.29) is 22.7 Å². The minimum Gasteiger partial charge on any atom is -0.353 e. The summed E-state index contributed by atoms with van der Waals surface area (Å²) >= 11 is 15.8. The van der Waals surface area contributed by atoms with Gasteiger partial charge >= 0.3 is 0 Å².